The minimum Gasteiger partial charge on any atom is -0.314 e. The second-order valence-electron chi connectivity index (χ2n) is 3.99. The highest BCUT2D eigenvalue weighted by Crippen LogP contribution is 2.26. The topological polar surface area (TPSA) is 12.0 Å². The molecule has 1 aromatic carbocycles. The van der Waals surface area contributed by atoms with Crippen LogP contribution in [-0.4, -0.2) is 12.6 Å². The lowest BCUT2D eigenvalue weighted by atomic mass is 9.87. The zero-order valence-electron chi connectivity index (χ0n) is 8.57. The van der Waals surface area contributed by atoms with Gasteiger partial charge in [0, 0.05) is 6.04 Å². The van der Waals surface area contributed by atoms with E-state index in [1.54, 1.807) is 0 Å². The summed E-state index contributed by atoms with van der Waals surface area (Å²) in [6, 6.07) is 11.6. The first-order valence-corrected chi connectivity index (χ1v) is 5.14. The molecule has 0 saturated carbocycles. The molecule has 2 atom stereocenters. The second-order valence-corrected chi connectivity index (χ2v) is 3.99. The number of benzene rings is 1. The molecule has 2 unspecified atom stereocenters. The fourth-order valence-corrected chi connectivity index (χ4v) is 2.16. The average Bonchev–Trinajstić information content (AvgIpc) is 2.19. The van der Waals surface area contributed by atoms with Gasteiger partial charge in [-0.1, -0.05) is 30.3 Å². The van der Waals surface area contributed by atoms with Crippen molar-refractivity contribution in [1.29, 1.82) is 0 Å². The van der Waals surface area contributed by atoms with Gasteiger partial charge in [-0.05, 0) is 37.8 Å². The molecule has 14 heavy (non-hydrogen) atoms. The van der Waals surface area contributed by atoms with Gasteiger partial charge in [0.1, 0.15) is 0 Å². The first-order valence-electron chi connectivity index (χ1n) is 5.14. The summed E-state index contributed by atoms with van der Waals surface area (Å²) < 4.78 is 0. The number of rotatable bonds is 1. The molecule has 1 fully saturated rings. The highest BCUT2D eigenvalue weighted by molar-refractivity contribution is 5.85. The second kappa shape index (κ2) is 5.38. The lowest BCUT2D eigenvalue weighted by Gasteiger charge is -2.28. The van der Waals surface area contributed by atoms with Gasteiger partial charge >= 0.3 is 0 Å². The van der Waals surface area contributed by atoms with Crippen LogP contribution in [0.2, 0.25) is 0 Å². The monoisotopic (exact) mass is 211 g/mol. The first kappa shape index (κ1) is 11.5. The molecule has 0 bridgehead atoms. The van der Waals surface area contributed by atoms with Crippen molar-refractivity contribution in [3.05, 3.63) is 35.9 Å². The predicted octanol–water partition coefficient (Wildman–Crippen LogP) is 2.96. The Kier molecular flexibility index (Phi) is 4.43. The zero-order valence-corrected chi connectivity index (χ0v) is 9.39. The Bertz CT molecular complexity index is 260. The molecule has 2 heteroatoms. The van der Waals surface area contributed by atoms with E-state index in [-0.39, 0.29) is 12.4 Å². The van der Waals surface area contributed by atoms with Crippen LogP contribution >= 0.6 is 12.4 Å². The van der Waals surface area contributed by atoms with E-state index in [0.29, 0.717) is 6.04 Å². The number of hydrogen-bond acceptors (Lipinski definition) is 1. The normalized spacial score (nSPS) is 26.6. The summed E-state index contributed by atoms with van der Waals surface area (Å²) in [5, 5.41) is 3.48. The maximum Gasteiger partial charge on any atom is 0.00445 e. The van der Waals surface area contributed by atoms with E-state index in [1.165, 1.54) is 24.9 Å². The van der Waals surface area contributed by atoms with Crippen LogP contribution in [0.1, 0.15) is 31.2 Å². The Balaban J connectivity index is 0.000000980. The smallest absolute Gasteiger partial charge is 0.00445 e. The Morgan fingerprint density at radius 2 is 1.93 bits per heavy atom. The summed E-state index contributed by atoms with van der Waals surface area (Å²) in [5.74, 6) is 0.775. The van der Waals surface area contributed by atoms with Crippen molar-refractivity contribution in [3.8, 4) is 0 Å². The molecule has 1 heterocycles. The molecule has 1 nitrogen and oxygen atoms in total. The molecule has 1 N–H and O–H groups in total. The van der Waals surface area contributed by atoms with Crippen LogP contribution in [-0.2, 0) is 0 Å². The molecule has 0 aromatic heterocycles. The van der Waals surface area contributed by atoms with Gasteiger partial charge in [-0.3, -0.25) is 0 Å². The molecule has 1 aromatic rings. The minimum absolute atomic E-state index is 0. The zero-order chi connectivity index (χ0) is 9.10. The molecule has 0 radical (unpaired) electrons. The van der Waals surface area contributed by atoms with Gasteiger partial charge in [-0.15, -0.1) is 12.4 Å². The molecule has 0 amide bonds. The Hall–Kier alpha value is -0.530. The third-order valence-corrected chi connectivity index (χ3v) is 2.89. The summed E-state index contributed by atoms with van der Waals surface area (Å²) in [5.41, 5.74) is 1.51. The average molecular weight is 212 g/mol. The fraction of sp³-hybridized carbons (Fsp3) is 0.500. The van der Waals surface area contributed by atoms with Crippen LogP contribution < -0.4 is 5.32 Å². The maximum atomic E-state index is 3.48. The molecule has 78 valence electrons. The summed E-state index contributed by atoms with van der Waals surface area (Å²) in [6.07, 6.45) is 2.57. The van der Waals surface area contributed by atoms with E-state index < -0.39 is 0 Å². The summed E-state index contributed by atoms with van der Waals surface area (Å²) >= 11 is 0. The maximum absolute atomic E-state index is 3.48. The first-order chi connectivity index (χ1) is 6.36. The fourth-order valence-electron chi connectivity index (χ4n) is 2.16. The van der Waals surface area contributed by atoms with Crippen molar-refractivity contribution in [1.82, 2.24) is 5.32 Å². The number of nitrogens with one attached hydrogen (secondary N) is 1. The largest absolute Gasteiger partial charge is 0.314 e. The third-order valence-electron chi connectivity index (χ3n) is 2.89. The molecule has 1 aliphatic rings. The van der Waals surface area contributed by atoms with Crippen molar-refractivity contribution in [2.24, 2.45) is 0 Å². The van der Waals surface area contributed by atoms with Crippen molar-refractivity contribution in [2.45, 2.75) is 31.7 Å². The van der Waals surface area contributed by atoms with Crippen LogP contribution in [0, 0.1) is 0 Å². The molecule has 0 aliphatic carbocycles. The van der Waals surface area contributed by atoms with E-state index >= 15 is 0 Å². The highest BCUT2D eigenvalue weighted by atomic mass is 35.5. The van der Waals surface area contributed by atoms with Gasteiger partial charge in [0.2, 0.25) is 0 Å². The lowest BCUT2D eigenvalue weighted by Crippen LogP contribution is -2.34. The van der Waals surface area contributed by atoms with Crippen molar-refractivity contribution in [2.75, 3.05) is 6.54 Å². The van der Waals surface area contributed by atoms with Crippen molar-refractivity contribution >= 4 is 12.4 Å². The molecule has 1 saturated heterocycles. The molecular formula is C12H18ClN. The molecular weight excluding hydrogens is 194 g/mol. The molecule has 1 aliphatic heterocycles. The van der Waals surface area contributed by atoms with Gasteiger partial charge in [0.15, 0.2) is 0 Å². The standard InChI is InChI=1S/C12H17N.ClH/c1-10-9-12(7-8-13-10)11-5-3-2-4-6-11;/h2-6,10,12-13H,7-9H2,1H3;1H. The Labute approximate surface area is 92.3 Å². The quantitative estimate of drug-likeness (QED) is 0.753. The van der Waals surface area contributed by atoms with E-state index in [0.717, 1.165) is 5.92 Å². The van der Waals surface area contributed by atoms with Gasteiger partial charge in [0.05, 0.1) is 0 Å². The van der Waals surface area contributed by atoms with E-state index in [9.17, 15) is 0 Å². The van der Waals surface area contributed by atoms with Gasteiger partial charge in [0.25, 0.3) is 0 Å². The highest BCUT2D eigenvalue weighted by Gasteiger charge is 2.18. The van der Waals surface area contributed by atoms with Crippen molar-refractivity contribution in [3.63, 3.8) is 0 Å². The van der Waals surface area contributed by atoms with Gasteiger partial charge < -0.3 is 5.32 Å². The Morgan fingerprint density at radius 3 is 2.57 bits per heavy atom. The Morgan fingerprint density at radius 1 is 1.21 bits per heavy atom. The summed E-state index contributed by atoms with van der Waals surface area (Å²) in [4.78, 5) is 0. The summed E-state index contributed by atoms with van der Waals surface area (Å²) in [6.45, 7) is 3.44. The van der Waals surface area contributed by atoms with Crippen molar-refractivity contribution < 1.29 is 0 Å². The van der Waals surface area contributed by atoms with Crippen LogP contribution in [0.4, 0.5) is 0 Å². The number of halogens is 1. The molecule has 2 rings (SSSR count). The summed E-state index contributed by atoms with van der Waals surface area (Å²) in [7, 11) is 0. The van der Waals surface area contributed by atoms with E-state index in [4.69, 9.17) is 0 Å². The third kappa shape index (κ3) is 2.73. The van der Waals surface area contributed by atoms with E-state index in [2.05, 4.69) is 42.6 Å². The lowest BCUT2D eigenvalue weighted by molar-refractivity contribution is 0.381. The van der Waals surface area contributed by atoms with Crippen LogP contribution in [0.3, 0.4) is 0 Å². The number of piperidine rings is 1. The van der Waals surface area contributed by atoms with Gasteiger partial charge in [-0.25, -0.2) is 0 Å². The van der Waals surface area contributed by atoms with Gasteiger partial charge in [-0.2, -0.15) is 0 Å². The minimum atomic E-state index is 0. The van der Waals surface area contributed by atoms with Crippen LogP contribution in [0.5, 0.6) is 0 Å². The SMILES string of the molecule is CC1CC(c2ccccc2)CCN1.Cl. The van der Waals surface area contributed by atoms with E-state index in [1.807, 2.05) is 0 Å². The molecule has 0 spiro atoms. The number of hydrogen-bond donors (Lipinski definition) is 1. The predicted molar refractivity (Wildman–Crippen MR) is 63.1 cm³/mol. The van der Waals surface area contributed by atoms with Crippen LogP contribution in [0.25, 0.3) is 0 Å². The van der Waals surface area contributed by atoms with Crippen LogP contribution in [0.15, 0.2) is 30.3 Å².